The molecule has 0 saturated carbocycles. The maximum absolute atomic E-state index is 13.2. The van der Waals surface area contributed by atoms with Crippen LogP contribution in [0.25, 0.3) is 0 Å². The maximum Gasteiger partial charge on any atom is 0.263 e. The number of benzene rings is 2. The first-order chi connectivity index (χ1) is 13.9. The Hall–Kier alpha value is -3.33. The second-order valence-corrected chi connectivity index (χ2v) is 7.05. The van der Waals surface area contributed by atoms with Crippen LogP contribution in [0, 0.1) is 12.7 Å². The van der Waals surface area contributed by atoms with Gasteiger partial charge in [0.15, 0.2) is 12.1 Å². The molecule has 0 bridgehead atoms. The third-order valence-electron chi connectivity index (χ3n) is 4.79. The first kappa shape index (κ1) is 19.0. The van der Waals surface area contributed by atoms with E-state index in [4.69, 9.17) is 11.6 Å². The molecule has 148 valence electrons. The fourth-order valence-corrected chi connectivity index (χ4v) is 3.45. The zero-order chi connectivity index (χ0) is 20.7. The van der Waals surface area contributed by atoms with Crippen LogP contribution in [0.3, 0.4) is 0 Å². The number of fused-ring (bicyclic) bond motifs is 1. The van der Waals surface area contributed by atoms with E-state index < -0.39 is 35.6 Å². The Balaban J connectivity index is 1.49. The molecule has 29 heavy (non-hydrogen) atoms. The van der Waals surface area contributed by atoms with Gasteiger partial charge in [-0.25, -0.2) is 9.29 Å². The van der Waals surface area contributed by atoms with E-state index in [0.29, 0.717) is 16.3 Å². The molecule has 2 atom stereocenters. The van der Waals surface area contributed by atoms with Gasteiger partial charge in [0.1, 0.15) is 12.4 Å². The highest BCUT2D eigenvalue weighted by molar-refractivity contribution is 6.31. The largest absolute Gasteiger partial charge is 0.324 e. The lowest BCUT2D eigenvalue weighted by Crippen LogP contribution is -2.43. The number of halogens is 2. The molecule has 10 heteroatoms. The fraction of sp³-hybridized carbons (Fsp3) is 0.211. The predicted octanol–water partition coefficient (Wildman–Crippen LogP) is 2.72. The quantitative estimate of drug-likeness (QED) is 0.777. The Labute approximate surface area is 169 Å². The number of rotatable bonds is 4. The Kier molecular flexibility index (Phi) is 4.75. The molecule has 2 aromatic carbocycles. The maximum atomic E-state index is 13.2. The van der Waals surface area contributed by atoms with Gasteiger partial charge in [-0.15, -0.1) is 0 Å². The van der Waals surface area contributed by atoms with Gasteiger partial charge in [0.05, 0.1) is 5.69 Å². The molecule has 2 aliphatic rings. The summed E-state index contributed by atoms with van der Waals surface area (Å²) in [4.78, 5) is 38.8. The van der Waals surface area contributed by atoms with Crippen molar-refractivity contribution in [2.75, 3.05) is 16.8 Å². The summed E-state index contributed by atoms with van der Waals surface area (Å²) in [5, 5.41) is 12.1. The van der Waals surface area contributed by atoms with Crippen LogP contribution in [0.1, 0.15) is 5.56 Å². The number of hydrogen-bond acceptors (Lipinski definition) is 6. The Bertz CT molecular complexity index is 1040. The van der Waals surface area contributed by atoms with Gasteiger partial charge >= 0.3 is 0 Å². The van der Waals surface area contributed by atoms with Crippen molar-refractivity contribution in [1.82, 2.24) is 5.01 Å². The smallest absolute Gasteiger partial charge is 0.263 e. The summed E-state index contributed by atoms with van der Waals surface area (Å²) in [7, 11) is 0. The van der Waals surface area contributed by atoms with Gasteiger partial charge < -0.3 is 5.32 Å². The van der Waals surface area contributed by atoms with Gasteiger partial charge in [0.25, 0.3) is 11.8 Å². The molecule has 3 amide bonds. The van der Waals surface area contributed by atoms with E-state index >= 15 is 0 Å². The molecule has 1 fully saturated rings. The van der Waals surface area contributed by atoms with E-state index in [-0.39, 0.29) is 12.2 Å². The van der Waals surface area contributed by atoms with E-state index in [1.807, 2.05) is 0 Å². The Morgan fingerprint density at radius 1 is 1.17 bits per heavy atom. The normalized spacial score (nSPS) is 20.4. The average molecular weight is 416 g/mol. The molecule has 2 aromatic rings. The van der Waals surface area contributed by atoms with Gasteiger partial charge in [-0.3, -0.25) is 19.4 Å². The number of carbonyl (C=O) groups is 3. The molecule has 2 heterocycles. The van der Waals surface area contributed by atoms with Crippen LogP contribution in [0.2, 0.25) is 5.02 Å². The number of nitrogens with one attached hydrogen (secondary N) is 1. The second kappa shape index (κ2) is 7.25. The topological polar surface area (TPSA) is 94.4 Å². The zero-order valence-electron chi connectivity index (χ0n) is 15.2. The number of anilines is 2. The number of imide groups is 1. The number of hydrogen-bond donors (Lipinski definition) is 1. The predicted molar refractivity (Wildman–Crippen MR) is 103 cm³/mol. The van der Waals surface area contributed by atoms with Crippen molar-refractivity contribution < 1.29 is 18.8 Å². The lowest BCUT2D eigenvalue weighted by molar-refractivity contribution is -0.123. The SMILES string of the molecule is Cc1c(Cl)cccc1NC(=O)CN1N=N[C@H]2C(=O)N(c3ccc(F)cc3)C(=O)[C@@H]21. The van der Waals surface area contributed by atoms with E-state index in [2.05, 4.69) is 15.7 Å². The van der Waals surface area contributed by atoms with Crippen LogP contribution in [0.15, 0.2) is 52.8 Å². The second-order valence-electron chi connectivity index (χ2n) is 6.64. The zero-order valence-corrected chi connectivity index (χ0v) is 15.9. The summed E-state index contributed by atoms with van der Waals surface area (Å²) in [6, 6.07) is 8.05. The molecule has 8 nitrogen and oxygen atoms in total. The molecule has 0 aromatic heterocycles. The monoisotopic (exact) mass is 415 g/mol. The van der Waals surface area contributed by atoms with Crippen LogP contribution in [0.5, 0.6) is 0 Å². The van der Waals surface area contributed by atoms with Crippen molar-refractivity contribution in [3.63, 3.8) is 0 Å². The molecule has 0 aliphatic carbocycles. The number of amides is 3. The summed E-state index contributed by atoms with van der Waals surface area (Å²) in [5.41, 5.74) is 1.49. The first-order valence-corrected chi connectivity index (χ1v) is 9.10. The van der Waals surface area contributed by atoms with E-state index in [0.717, 1.165) is 17.0 Å². The fourth-order valence-electron chi connectivity index (χ4n) is 3.28. The molecular weight excluding hydrogens is 401 g/mol. The Morgan fingerprint density at radius 3 is 2.62 bits per heavy atom. The van der Waals surface area contributed by atoms with Gasteiger partial charge in [-0.05, 0) is 48.9 Å². The van der Waals surface area contributed by atoms with Crippen molar-refractivity contribution in [2.24, 2.45) is 10.3 Å². The first-order valence-electron chi connectivity index (χ1n) is 8.72. The van der Waals surface area contributed by atoms with Gasteiger partial charge in [0.2, 0.25) is 5.91 Å². The van der Waals surface area contributed by atoms with Crippen molar-refractivity contribution in [3.8, 4) is 0 Å². The number of carbonyl (C=O) groups excluding carboxylic acids is 3. The molecule has 0 unspecified atom stereocenters. The Morgan fingerprint density at radius 2 is 1.90 bits per heavy atom. The minimum absolute atomic E-state index is 0.241. The van der Waals surface area contributed by atoms with Gasteiger partial charge in [0, 0.05) is 10.7 Å². The third kappa shape index (κ3) is 3.33. The highest BCUT2D eigenvalue weighted by atomic mass is 35.5. The minimum atomic E-state index is -1.03. The molecule has 1 saturated heterocycles. The van der Waals surface area contributed by atoms with Crippen LogP contribution in [-0.4, -0.2) is 41.4 Å². The summed E-state index contributed by atoms with van der Waals surface area (Å²) in [6.07, 6.45) is 0. The lowest BCUT2D eigenvalue weighted by Gasteiger charge is -2.20. The van der Waals surface area contributed by atoms with Crippen molar-refractivity contribution in [2.45, 2.75) is 19.0 Å². The summed E-state index contributed by atoms with van der Waals surface area (Å²) >= 11 is 6.05. The average Bonchev–Trinajstić information content (AvgIpc) is 3.20. The molecular formula is C19H15ClFN5O3. The minimum Gasteiger partial charge on any atom is -0.324 e. The van der Waals surface area contributed by atoms with Crippen LogP contribution >= 0.6 is 11.6 Å². The highest BCUT2D eigenvalue weighted by Gasteiger charge is 2.55. The van der Waals surface area contributed by atoms with Crippen LogP contribution < -0.4 is 10.2 Å². The van der Waals surface area contributed by atoms with Crippen LogP contribution in [0.4, 0.5) is 15.8 Å². The van der Waals surface area contributed by atoms with Gasteiger partial charge in [-0.1, -0.05) is 22.9 Å². The van der Waals surface area contributed by atoms with E-state index in [1.165, 1.54) is 17.1 Å². The summed E-state index contributed by atoms with van der Waals surface area (Å²) in [6.45, 7) is 1.50. The highest BCUT2D eigenvalue weighted by Crippen LogP contribution is 2.32. The summed E-state index contributed by atoms with van der Waals surface area (Å²) in [5.74, 6) is -2.05. The van der Waals surface area contributed by atoms with Crippen molar-refractivity contribution >= 4 is 40.7 Å². The lowest BCUT2D eigenvalue weighted by atomic mass is 10.1. The summed E-state index contributed by atoms with van der Waals surface area (Å²) < 4.78 is 13.2. The molecule has 1 N–H and O–H groups in total. The standard InChI is InChI=1S/C19H15ClFN5O3/c1-10-13(20)3-2-4-14(10)22-15(27)9-25-17-16(23-24-25)18(28)26(19(17)29)12-7-5-11(21)6-8-12/h2-8,16-17H,9H2,1H3,(H,22,27)/t16-,17-/m1/s1. The number of nitrogens with zero attached hydrogens (tertiary/aromatic N) is 4. The molecule has 2 aliphatic heterocycles. The van der Waals surface area contributed by atoms with Gasteiger partial charge in [-0.2, -0.15) is 5.11 Å². The third-order valence-corrected chi connectivity index (χ3v) is 5.20. The van der Waals surface area contributed by atoms with Crippen LogP contribution in [-0.2, 0) is 14.4 Å². The van der Waals surface area contributed by atoms with Crippen molar-refractivity contribution in [3.05, 3.63) is 58.9 Å². The molecule has 4 rings (SSSR count). The van der Waals surface area contributed by atoms with E-state index in [9.17, 15) is 18.8 Å². The van der Waals surface area contributed by atoms with Crippen molar-refractivity contribution in [1.29, 1.82) is 0 Å². The molecule has 0 spiro atoms. The molecule has 0 radical (unpaired) electrons. The van der Waals surface area contributed by atoms with E-state index in [1.54, 1.807) is 25.1 Å².